The number of urea groups is 2. The molecule has 6 rings (SSSR count). The average Bonchev–Trinajstić information content (AvgIpc) is 3.54. The van der Waals surface area contributed by atoms with Crippen molar-refractivity contribution in [3.8, 4) is 0 Å². The zero-order chi connectivity index (χ0) is 45.6. The third-order valence-corrected chi connectivity index (χ3v) is 14.8. The molecule has 19 heteroatoms. The predicted molar refractivity (Wildman–Crippen MR) is 209 cm³/mol. The largest absolute Gasteiger partial charge is 0.471 e. The van der Waals surface area contributed by atoms with Crippen molar-refractivity contribution in [3.05, 3.63) is 59.7 Å². The number of hydrogen-bond acceptors (Lipinski definition) is 5. The van der Waals surface area contributed by atoms with Gasteiger partial charge in [-0.25, -0.2) is 9.59 Å². The highest BCUT2D eigenvalue weighted by Crippen LogP contribution is 2.68. The van der Waals surface area contributed by atoms with Crippen molar-refractivity contribution in [3.63, 3.8) is 0 Å². The summed E-state index contributed by atoms with van der Waals surface area (Å²) in [5.41, 5.74) is -2.82. The second-order valence-electron chi connectivity index (χ2n) is 18.1. The van der Waals surface area contributed by atoms with E-state index in [0.29, 0.717) is 38.5 Å². The Bertz CT molecular complexity index is 1960. The van der Waals surface area contributed by atoms with Gasteiger partial charge in [-0.1, -0.05) is 20.8 Å². The number of halogens is 9. The van der Waals surface area contributed by atoms with E-state index in [4.69, 9.17) is 4.74 Å². The van der Waals surface area contributed by atoms with E-state index in [1.807, 2.05) is 6.92 Å². The number of carbonyl (C=O) groups is 4. The highest BCUT2D eigenvalue weighted by molar-refractivity contribution is 5.90. The normalized spacial score (nSPS) is 31.3. The molecule has 4 aliphatic carbocycles. The second-order valence-corrected chi connectivity index (χ2v) is 18.1. The smallest absolute Gasteiger partial charge is 0.469 e. The fourth-order valence-corrected chi connectivity index (χ4v) is 11.8. The highest BCUT2D eigenvalue weighted by atomic mass is 19.4. The molecule has 342 valence electrons. The van der Waals surface area contributed by atoms with Crippen molar-refractivity contribution in [2.75, 3.05) is 17.7 Å². The van der Waals surface area contributed by atoms with Gasteiger partial charge in [-0.3, -0.25) is 9.59 Å². The summed E-state index contributed by atoms with van der Waals surface area (Å²) >= 11 is 0. The van der Waals surface area contributed by atoms with Crippen LogP contribution in [0.15, 0.2) is 48.5 Å². The van der Waals surface area contributed by atoms with Crippen molar-refractivity contribution < 1.29 is 63.4 Å². The third-order valence-electron chi connectivity index (χ3n) is 14.8. The Balaban J connectivity index is 1.34. The van der Waals surface area contributed by atoms with E-state index >= 15 is 0 Å². The molecular weight excluding hydrogens is 837 g/mol. The lowest BCUT2D eigenvalue weighted by molar-refractivity contribution is -0.176. The lowest BCUT2D eigenvalue weighted by Gasteiger charge is -2.65. The summed E-state index contributed by atoms with van der Waals surface area (Å²) < 4.78 is 125. The number of benzene rings is 2. The summed E-state index contributed by atoms with van der Waals surface area (Å²) in [4.78, 5) is 52.0. The zero-order valence-electron chi connectivity index (χ0n) is 34.6. The van der Waals surface area contributed by atoms with Crippen LogP contribution in [0.25, 0.3) is 0 Å². The number of ether oxygens (including phenoxy) is 1. The summed E-state index contributed by atoms with van der Waals surface area (Å²) in [5, 5.41) is 13.7. The number of hydrogen-bond donors (Lipinski definition) is 5. The molecule has 11 atom stereocenters. The summed E-state index contributed by atoms with van der Waals surface area (Å²) in [6.07, 6.45) is -10.8. The summed E-state index contributed by atoms with van der Waals surface area (Å²) in [6.45, 7) is 6.15. The molecule has 0 unspecified atom stereocenters. The zero-order valence-corrected chi connectivity index (χ0v) is 34.6. The minimum atomic E-state index is -5.10. The fourth-order valence-electron chi connectivity index (χ4n) is 11.8. The van der Waals surface area contributed by atoms with Gasteiger partial charge in [-0.05, 0) is 146 Å². The van der Waals surface area contributed by atoms with Crippen LogP contribution in [0.3, 0.4) is 0 Å². The molecule has 5 N–H and O–H groups in total. The van der Waals surface area contributed by atoms with Gasteiger partial charge in [0, 0.05) is 35.9 Å². The molecule has 62 heavy (non-hydrogen) atoms. The number of amides is 5. The van der Waals surface area contributed by atoms with Crippen LogP contribution in [-0.2, 0) is 26.7 Å². The van der Waals surface area contributed by atoms with Gasteiger partial charge in [-0.2, -0.15) is 39.5 Å². The summed E-state index contributed by atoms with van der Waals surface area (Å²) in [5.74, 6) is -3.59. The van der Waals surface area contributed by atoms with Gasteiger partial charge in [0.25, 0.3) is 0 Å². The van der Waals surface area contributed by atoms with Crippen LogP contribution >= 0.6 is 0 Å². The van der Waals surface area contributed by atoms with Crippen LogP contribution in [-0.4, -0.2) is 55.4 Å². The van der Waals surface area contributed by atoms with E-state index in [-0.39, 0.29) is 72.1 Å². The van der Waals surface area contributed by atoms with E-state index in [9.17, 15) is 58.7 Å². The first-order valence-electron chi connectivity index (χ1n) is 20.8. The number of nitrogens with one attached hydrogen (secondary N) is 5. The van der Waals surface area contributed by atoms with Gasteiger partial charge >= 0.3 is 42.5 Å². The van der Waals surface area contributed by atoms with E-state index < -0.39 is 76.6 Å². The molecule has 0 aliphatic heterocycles. The molecule has 4 aliphatic rings. The van der Waals surface area contributed by atoms with Gasteiger partial charge < -0.3 is 31.3 Å². The minimum absolute atomic E-state index is 0.0584. The average molecular weight is 890 g/mol. The van der Waals surface area contributed by atoms with Crippen molar-refractivity contribution in [1.82, 2.24) is 16.0 Å². The van der Waals surface area contributed by atoms with Crippen LogP contribution in [0.2, 0.25) is 0 Å². The van der Waals surface area contributed by atoms with Gasteiger partial charge in [0.05, 0.1) is 18.2 Å². The lowest BCUT2D eigenvalue weighted by Crippen LogP contribution is -2.68. The van der Waals surface area contributed by atoms with E-state index in [2.05, 4.69) is 40.4 Å². The Labute approximate surface area is 353 Å². The Morgan fingerprint density at radius 3 is 1.79 bits per heavy atom. The topological polar surface area (TPSA) is 138 Å². The van der Waals surface area contributed by atoms with Crippen molar-refractivity contribution >= 4 is 35.3 Å². The van der Waals surface area contributed by atoms with Gasteiger partial charge in [0.2, 0.25) is 0 Å². The fraction of sp³-hybridized carbons (Fsp3) is 0.628. The molecule has 2 aromatic carbocycles. The predicted octanol–water partition coefficient (Wildman–Crippen LogP) is 9.92. The van der Waals surface area contributed by atoms with Crippen molar-refractivity contribution in [1.29, 1.82) is 0 Å². The summed E-state index contributed by atoms with van der Waals surface area (Å²) in [6, 6.07) is 4.58. The van der Waals surface area contributed by atoms with Crippen LogP contribution in [0, 0.1) is 46.3 Å². The van der Waals surface area contributed by atoms with Crippen molar-refractivity contribution in [2.45, 2.75) is 115 Å². The molecule has 0 saturated heterocycles. The number of rotatable bonds is 9. The highest BCUT2D eigenvalue weighted by Gasteiger charge is 2.66. The molecule has 0 aromatic heterocycles. The maximum atomic E-state index is 13.9. The van der Waals surface area contributed by atoms with E-state index in [1.165, 1.54) is 7.11 Å². The molecule has 0 spiro atoms. The molecule has 10 nitrogen and oxygen atoms in total. The minimum Gasteiger partial charge on any atom is -0.469 e. The Morgan fingerprint density at radius 2 is 1.27 bits per heavy atom. The summed E-state index contributed by atoms with van der Waals surface area (Å²) in [7, 11) is 1.30. The SMILES string of the molecule is COC(=O)CC[C@@H](C)[C@H]1CC[C@H]2[C@@H]3[C@H](NC(=O)Nc4ccc(C(F)(F)F)cc4)C[C@@H]4C[C@H](NC(=O)C(F)(F)F)CC[C@]4(C)[C@H]3C[C@H](NC(=O)Nc3ccc(C(F)(F)F)cc3)[C@]12C. The second kappa shape index (κ2) is 17.5. The van der Waals surface area contributed by atoms with Crippen LogP contribution in [0.1, 0.15) is 89.7 Å². The maximum absolute atomic E-state index is 13.9. The Morgan fingerprint density at radius 1 is 0.726 bits per heavy atom. The van der Waals surface area contributed by atoms with E-state index in [1.54, 1.807) is 0 Å². The molecule has 0 bridgehead atoms. The van der Waals surface area contributed by atoms with Gasteiger partial charge in [-0.15, -0.1) is 0 Å². The standard InChI is InChI=1S/C43H52F9N5O5/c1-22(5-16-34(58)62-4)29-14-15-30-35-31(21-33(40(29,30)3)57-38(61)55-27-12-8-24(9-13-27)42(47,48)49)39(2)18-17-28(53-36(59)43(50,51)52)19-25(39)20-32(35)56-37(60)54-26-10-6-23(7-11-26)41(44,45)46/h6-13,22,25,28-33,35H,5,14-21H2,1-4H3,(H,53,59)(H2,54,56,60)(H2,55,57,61)/t22-,25+,28-,29-,30+,31+,32-,33+,35+,39+,40-/m1/s1. The van der Waals surface area contributed by atoms with Crippen LogP contribution in [0.5, 0.6) is 0 Å². The molecule has 4 saturated carbocycles. The first-order valence-corrected chi connectivity index (χ1v) is 20.8. The van der Waals surface area contributed by atoms with Crippen LogP contribution in [0.4, 0.5) is 60.5 Å². The number of alkyl halides is 9. The number of fused-ring (bicyclic) bond motifs is 5. The Kier molecular flexibility index (Phi) is 13.2. The van der Waals surface area contributed by atoms with E-state index in [0.717, 1.165) is 48.5 Å². The monoisotopic (exact) mass is 889 g/mol. The molecule has 0 radical (unpaired) electrons. The lowest BCUT2D eigenvalue weighted by atomic mass is 9.42. The number of methoxy groups -OCH3 is 1. The third kappa shape index (κ3) is 9.75. The van der Waals surface area contributed by atoms with Gasteiger partial charge in [0.15, 0.2) is 0 Å². The first-order chi connectivity index (χ1) is 28.8. The number of anilines is 2. The number of carbonyl (C=O) groups excluding carboxylic acids is 4. The Hall–Kier alpha value is -4.71. The molecule has 4 fully saturated rings. The molecule has 5 amide bonds. The van der Waals surface area contributed by atoms with Gasteiger partial charge in [0.1, 0.15) is 0 Å². The molecule has 0 heterocycles. The van der Waals surface area contributed by atoms with Crippen LogP contribution < -0.4 is 26.6 Å². The molecular formula is C43H52F9N5O5. The van der Waals surface area contributed by atoms with Crippen molar-refractivity contribution in [2.24, 2.45) is 46.3 Å². The maximum Gasteiger partial charge on any atom is 0.471 e. The quantitative estimate of drug-likeness (QED) is 0.126. The number of esters is 1. The first kappa shape index (κ1) is 46.8. The molecule has 2 aromatic rings.